The summed E-state index contributed by atoms with van der Waals surface area (Å²) in [5, 5.41) is 68.4. The van der Waals surface area contributed by atoms with E-state index in [1.165, 1.54) is 0 Å². The van der Waals surface area contributed by atoms with Crippen molar-refractivity contribution < 1.29 is 30.1 Å². The van der Waals surface area contributed by atoms with Crippen LogP contribution in [0, 0.1) is 30.3 Å². The molecule has 0 aliphatic heterocycles. The molecule has 0 spiro atoms. The summed E-state index contributed by atoms with van der Waals surface area (Å²) < 4.78 is 0. The highest BCUT2D eigenvalue weighted by molar-refractivity contribution is 6.00. The van der Waals surface area contributed by atoms with Gasteiger partial charge in [0.1, 0.15) is 0 Å². The van der Waals surface area contributed by atoms with Crippen LogP contribution in [0.5, 0.6) is 0 Å². The highest BCUT2D eigenvalue weighted by Crippen LogP contribution is 2.52. The average molecular weight is 390 g/mol. The van der Waals surface area contributed by atoms with Gasteiger partial charge in [-0.3, -0.25) is 30.3 Å². The number of hydrogen-bond acceptors (Lipinski definition) is 12. The molecule has 0 aliphatic carbocycles. The fourth-order valence-corrected chi connectivity index (χ4v) is 2.30. The first-order valence-corrected chi connectivity index (χ1v) is 7.53. The Bertz CT molecular complexity index is 610. The van der Waals surface area contributed by atoms with Crippen molar-refractivity contribution in [3.8, 4) is 0 Å². The van der Waals surface area contributed by atoms with Crippen molar-refractivity contribution in [3.63, 3.8) is 0 Å². The summed E-state index contributed by atoms with van der Waals surface area (Å²) in [7, 11) is 0. The molecule has 0 heterocycles. The van der Waals surface area contributed by atoms with E-state index in [4.69, 9.17) is 15.3 Å². The van der Waals surface area contributed by atoms with E-state index in [1.54, 1.807) is 0 Å². The average Bonchev–Trinajstić information content (AvgIpc) is 2.60. The van der Waals surface area contributed by atoms with E-state index in [1.807, 2.05) is 0 Å². The fourth-order valence-electron chi connectivity index (χ4n) is 2.30. The zero-order valence-corrected chi connectivity index (χ0v) is 13.9. The predicted molar refractivity (Wildman–Crippen MR) is 93.1 cm³/mol. The van der Waals surface area contributed by atoms with Crippen molar-refractivity contribution in [2.75, 3.05) is 55.4 Å². The van der Waals surface area contributed by atoms with Crippen LogP contribution in [-0.2, 0) is 0 Å². The lowest BCUT2D eigenvalue weighted by atomic mass is 10.1. The quantitative estimate of drug-likeness (QED) is 0.198. The van der Waals surface area contributed by atoms with Gasteiger partial charge in [-0.25, -0.2) is 0 Å². The second-order valence-electron chi connectivity index (χ2n) is 4.89. The molecule has 0 amide bonds. The van der Waals surface area contributed by atoms with Crippen LogP contribution >= 0.6 is 0 Å². The van der Waals surface area contributed by atoms with Gasteiger partial charge in [0, 0.05) is 19.6 Å². The summed E-state index contributed by atoms with van der Waals surface area (Å²) in [6, 6.07) is 0. The Morgan fingerprint density at radius 2 is 0.815 bits per heavy atom. The molecule has 0 aliphatic rings. The van der Waals surface area contributed by atoms with Gasteiger partial charge in [-0.2, -0.15) is 0 Å². The third kappa shape index (κ3) is 4.87. The molecule has 150 valence electrons. The molecule has 27 heavy (non-hydrogen) atoms. The Morgan fingerprint density at radius 3 is 0.963 bits per heavy atom. The highest BCUT2D eigenvalue weighted by Gasteiger charge is 2.42. The van der Waals surface area contributed by atoms with Crippen LogP contribution in [0.3, 0.4) is 0 Å². The second kappa shape index (κ2) is 10.00. The van der Waals surface area contributed by atoms with Crippen molar-refractivity contribution in [1.82, 2.24) is 0 Å². The number of nitrogens with zero attached hydrogens (tertiary/aromatic N) is 3. The van der Waals surface area contributed by atoms with E-state index in [9.17, 15) is 30.3 Å². The Labute approximate surface area is 151 Å². The number of nitro groups is 3. The Morgan fingerprint density at radius 1 is 0.593 bits per heavy atom. The topological polar surface area (TPSA) is 226 Å². The van der Waals surface area contributed by atoms with E-state index in [0.717, 1.165) is 0 Å². The summed E-state index contributed by atoms with van der Waals surface area (Å²) in [6.45, 7) is -2.49. The van der Waals surface area contributed by atoms with Gasteiger partial charge in [0.15, 0.2) is 17.1 Å². The normalized spacial score (nSPS) is 10.3. The second-order valence-corrected chi connectivity index (χ2v) is 4.89. The van der Waals surface area contributed by atoms with Gasteiger partial charge in [-0.15, -0.1) is 0 Å². The molecule has 0 aromatic heterocycles. The number of aliphatic hydroxyl groups excluding tert-OH is 3. The van der Waals surface area contributed by atoms with Crippen LogP contribution in [0.4, 0.5) is 34.1 Å². The highest BCUT2D eigenvalue weighted by atomic mass is 16.6. The van der Waals surface area contributed by atoms with Crippen molar-refractivity contribution in [2.45, 2.75) is 0 Å². The monoisotopic (exact) mass is 390 g/mol. The van der Waals surface area contributed by atoms with E-state index >= 15 is 0 Å². The number of nitrogens with one attached hydrogen (secondary N) is 3. The number of hydrogen-bond donors (Lipinski definition) is 6. The molecule has 0 bridgehead atoms. The number of benzene rings is 1. The van der Waals surface area contributed by atoms with Crippen molar-refractivity contribution in [1.29, 1.82) is 0 Å². The van der Waals surface area contributed by atoms with Gasteiger partial charge >= 0.3 is 17.1 Å². The number of aliphatic hydroxyl groups is 3. The molecule has 1 aromatic carbocycles. The van der Waals surface area contributed by atoms with Crippen LogP contribution in [0.2, 0.25) is 0 Å². The number of rotatable bonds is 12. The molecule has 1 rings (SSSR count). The lowest BCUT2D eigenvalue weighted by Crippen LogP contribution is -2.18. The molecule has 0 unspecified atom stereocenters. The summed E-state index contributed by atoms with van der Waals surface area (Å²) in [5.41, 5.74) is -4.93. The SMILES string of the molecule is O=[N+]([O-])c1c(NCCO)c([N+](=O)[O-])c(NCCO)c([N+](=O)[O-])c1NCCO. The molecule has 0 fully saturated rings. The standard InChI is InChI=1S/C12H18N6O9/c19-4-1-13-7-10(16(22)23)8(14-2-5-20)12(18(26)27)9(15-3-6-21)11(7)17(24)25/h13-15,19-21H,1-6H2. The molecule has 6 N–H and O–H groups in total. The molecule has 0 radical (unpaired) electrons. The minimum absolute atomic E-state index is 0.307. The first kappa shape index (κ1) is 21.7. The molecule has 1 aromatic rings. The van der Waals surface area contributed by atoms with Gasteiger partial charge in [0.05, 0.1) is 34.6 Å². The molecular formula is C12H18N6O9. The zero-order chi connectivity index (χ0) is 20.6. The first-order valence-electron chi connectivity index (χ1n) is 7.53. The van der Waals surface area contributed by atoms with E-state index in [0.29, 0.717) is 0 Å². The lowest BCUT2D eigenvalue weighted by molar-refractivity contribution is -0.399. The van der Waals surface area contributed by atoms with Crippen molar-refractivity contribution >= 4 is 34.1 Å². The first-order chi connectivity index (χ1) is 12.8. The van der Waals surface area contributed by atoms with Crippen molar-refractivity contribution in [2.24, 2.45) is 0 Å². The van der Waals surface area contributed by atoms with Gasteiger partial charge in [-0.05, 0) is 0 Å². The van der Waals surface area contributed by atoms with E-state index in [-0.39, 0.29) is 19.6 Å². The molecular weight excluding hydrogens is 372 g/mol. The minimum Gasteiger partial charge on any atom is -0.395 e. The Kier molecular flexibility index (Phi) is 8.05. The Balaban J connectivity index is 3.99. The molecule has 0 atom stereocenters. The minimum atomic E-state index is -1.05. The van der Waals surface area contributed by atoms with Crippen LogP contribution in [0.1, 0.15) is 0 Å². The number of nitro benzene ring substituents is 3. The molecule has 0 saturated heterocycles. The Hall–Kier alpha value is -3.30. The molecule has 15 heteroatoms. The van der Waals surface area contributed by atoms with Gasteiger partial charge < -0.3 is 31.3 Å². The zero-order valence-electron chi connectivity index (χ0n) is 13.9. The third-order valence-electron chi connectivity index (χ3n) is 3.21. The molecule has 0 saturated carbocycles. The smallest absolute Gasteiger partial charge is 0.329 e. The maximum atomic E-state index is 11.5. The number of anilines is 3. The van der Waals surface area contributed by atoms with Crippen LogP contribution in [0.15, 0.2) is 0 Å². The summed E-state index contributed by atoms with van der Waals surface area (Å²) in [6.07, 6.45) is 0. The van der Waals surface area contributed by atoms with Crippen molar-refractivity contribution in [3.05, 3.63) is 30.3 Å². The maximum absolute atomic E-state index is 11.5. The molecule has 15 nitrogen and oxygen atoms in total. The van der Waals surface area contributed by atoms with Crippen LogP contribution in [0.25, 0.3) is 0 Å². The predicted octanol–water partition coefficient (Wildman–Crippen LogP) is -0.376. The van der Waals surface area contributed by atoms with Gasteiger partial charge in [0.25, 0.3) is 0 Å². The lowest BCUT2D eigenvalue weighted by Gasteiger charge is -2.16. The third-order valence-corrected chi connectivity index (χ3v) is 3.21. The van der Waals surface area contributed by atoms with Crippen LogP contribution in [-0.4, -0.2) is 69.5 Å². The fraction of sp³-hybridized carbons (Fsp3) is 0.500. The van der Waals surface area contributed by atoms with E-state index in [2.05, 4.69) is 16.0 Å². The summed E-state index contributed by atoms with van der Waals surface area (Å²) >= 11 is 0. The summed E-state index contributed by atoms with van der Waals surface area (Å²) in [5.74, 6) is 0. The summed E-state index contributed by atoms with van der Waals surface area (Å²) in [4.78, 5) is 31.5. The van der Waals surface area contributed by atoms with Gasteiger partial charge in [-0.1, -0.05) is 0 Å². The van der Waals surface area contributed by atoms with Gasteiger partial charge in [0.2, 0.25) is 0 Å². The maximum Gasteiger partial charge on any atom is 0.329 e. The van der Waals surface area contributed by atoms with Crippen LogP contribution < -0.4 is 16.0 Å². The van der Waals surface area contributed by atoms with E-state index < -0.39 is 68.7 Å². The largest absolute Gasteiger partial charge is 0.395 e.